The minimum atomic E-state index is -0.249. The molecule has 0 aliphatic carbocycles. The molecule has 0 aliphatic rings. The fourth-order valence-corrected chi connectivity index (χ4v) is 4.44. The highest BCUT2D eigenvalue weighted by Gasteiger charge is 2.17. The molecule has 0 saturated heterocycles. The summed E-state index contributed by atoms with van der Waals surface area (Å²) in [6.45, 7) is 0. The molecule has 0 unspecified atom stereocenters. The Bertz CT molecular complexity index is 1200. The van der Waals surface area contributed by atoms with Gasteiger partial charge in [-0.3, -0.25) is 9.59 Å². The summed E-state index contributed by atoms with van der Waals surface area (Å²) in [5, 5.41) is 3.34. The number of nitrogens with one attached hydrogen (secondary N) is 1. The summed E-state index contributed by atoms with van der Waals surface area (Å²) in [4.78, 5) is 30.5. The van der Waals surface area contributed by atoms with Crippen molar-refractivity contribution in [1.29, 1.82) is 0 Å². The van der Waals surface area contributed by atoms with E-state index in [1.165, 1.54) is 11.3 Å². The van der Waals surface area contributed by atoms with Gasteiger partial charge in [0.1, 0.15) is 11.5 Å². The molecule has 0 aliphatic heterocycles. The number of hydrogen-bond donors (Lipinski definition) is 1. The Hall–Kier alpha value is -3.97. The first-order chi connectivity index (χ1) is 16.6. The maximum Gasteiger partial charge on any atom is 0.226 e. The number of hydrogen-bond acceptors (Lipinski definition) is 6. The summed E-state index contributed by atoms with van der Waals surface area (Å²) in [6, 6.07) is 24.3. The summed E-state index contributed by atoms with van der Waals surface area (Å²) in [5.41, 5.74) is 3.23. The van der Waals surface area contributed by atoms with Gasteiger partial charge in [-0.05, 0) is 54.1 Å². The van der Waals surface area contributed by atoms with Crippen LogP contribution in [0.1, 0.15) is 23.2 Å². The van der Waals surface area contributed by atoms with Crippen LogP contribution in [0.3, 0.4) is 0 Å². The molecular weight excluding hydrogens is 448 g/mol. The highest BCUT2D eigenvalue weighted by atomic mass is 32.1. The average Bonchev–Trinajstić information content (AvgIpc) is 3.31. The first-order valence-corrected chi connectivity index (χ1v) is 11.6. The van der Waals surface area contributed by atoms with E-state index in [2.05, 4.69) is 5.32 Å². The minimum Gasteiger partial charge on any atom is -0.497 e. The van der Waals surface area contributed by atoms with Crippen LogP contribution < -0.4 is 14.8 Å². The molecule has 3 aromatic carbocycles. The predicted octanol–water partition coefficient (Wildman–Crippen LogP) is 6.10. The lowest BCUT2D eigenvalue weighted by Crippen LogP contribution is -2.13. The van der Waals surface area contributed by atoms with E-state index in [1.54, 1.807) is 26.4 Å². The van der Waals surface area contributed by atoms with E-state index in [4.69, 9.17) is 14.5 Å². The van der Waals surface area contributed by atoms with Crippen molar-refractivity contribution >= 4 is 28.2 Å². The van der Waals surface area contributed by atoms with E-state index in [0.717, 1.165) is 33.2 Å². The van der Waals surface area contributed by atoms with Crippen LogP contribution >= 0.6 is 11.3 Å². The molecule has 1 heterocycles. The van der Waals surface area contributed by atoms with Crippen molar-refractivity contribution < 1.29 is 19.1 Å². The molecule has 34 heavy (non-hydrogen) atoms. The Morgan fingerprint density at radius 1 is 0.794 bits per heavy atom. The van der Waals surface area contributed by atoms with Crippen molar-refractivity contribution in [1.82, 2.24) is 4.98 Å². The van der Waals surface area contributed by atoms with Crippen LogP contribution in [0.15, 0.2) is 78.9 Å². The summed E-state index contributed by atoms with van der Waals surface area (Å²) in [5.74, 6) is 1.20. The molecule has 0 spiro atoms. The number of thiazole rings is 1. The van der Waals surface area contributed by atoms with Crippen LogP contribution in [-0.2, 0) is 4.79 Å². The lowest BCUT2D eigenvalue weighted by atomic mass is 10.1. The maximum absolute atomic E-state index is 12.6. The third-order valence-electron chi connectivity index (χ3n) is 5.26. The lowest BCUT2D eigenvalue weighted by Gasteiger charge is -2.05. The standard InChI is InChI=1S/C27H24N2O4S/c1-32-21-12-8-19(9-13-21)25-26(20-10-14-22(33-2)15-11-20)34-27(29-25)28-24(31)17-16-23(30)18-6-4-3-5-7-18/h3-15H,16-17H2,1-2H3,(H,28,29,31). The highest BCUT2D eigenvalue weighted by molar-refractivity contribution is 7.19. The van der Waals surface area contributed by atoms with Gasteiger partial charge in [-0.15, -0.1) is 0 Å². The van der Waals surface area contributed by atoms with Gasteiger partial charge in [0, 0.05) is 24.0 Å². The molecule has 6 nitrogen and oxygen atoms in total. The monoisotopic (exact) mass is 472 g/mol. The number of methoxy groups -OCH3 is 2. The molecule has 7 heteroatoms. The lowest BCUT2D eigenvalue weighted by molar-refractivity contribution is -0.116. The van der Waals surface area contributed by atoms with Gasteiger partial charge in [0.2, 0.25) is 5.91 Å². The smallest absolute Gasteiger partial charge is 0.226 e. The van der Waals surface area contributed by atoms with E-state index in [0.29, 0.717) is 10.7 Å². The topological polar surface area (TPSA) is 77.5 Å². The molecule has 0 fully saturated rings. The molecule has 1 N–H and O–H groups in total. The zero-order valence-corrected chi connectivity index (χ0v) is 19.7. The van der Waals surface area contributed by atoms with Gasteiger partial charge in [-0.25, -0.2) is 4.98 Å². The highest BCUT2D eigenvalue weighted by Crippen LogP contribution is 2.40. The average molecular weight is 473 g/mol. The van der Waals surface area contributed by atoms with Crippen LogP contribution in [0, 0.1) is 0 Å². The summed E-state index contributed by atoms with van der Waals surface area (Å²) in [7, 11) is 3.25. The second-order valence-corrected chi connectivity index (χ2v) is 8.49. The van der Waals surface area contributed by atoms with Gasteiger partial charge < -0.3 is 14.8 Å². The SMILES string of the molecule is COc1ccc(-c2nc(NC(=O)CCC(=O)c3ccccc3)sc2-c2ccc(OC)cc2)cc1. The van der Waals surface area contributed by atoms with E-state index in [1.807, 2.05) is 66.7 Å². The molecule has 1 aromatic heterocycles. The van der Waals surface area contributed by atoms with Gasteiger partial charge in [0.05, 0.1) is 24.8 Å². The molecular formula is C27H24N2O4S. The Morgan fingerprint density at radius 3 is 1.97 bits per heavy atom. The largest absolute Gasteiger partial charge is 0.497 e. The summed E-state index contributed by atoms with van der Waals surface area (Å²) < 4.78 is 10.5. The Morgan fingerprint density at radius 2 is 1.38 bits per heavy atom. The second kappa shape index (κ2) is 10.8. The number of aromatic nitrogens is 1. The fourth-order valence-electron chi connectivity index (χ4n) is 3.43. The maximum atomic E-state index is 12.6. The van der Waals surface area contributed by atoms with Gasteiger partial charge >= 0.3 is 0 Å². The zero-order chi connectivity index (χ0) is 23.9. The van der Waals surface area contributed by atoms with Crippen molar-refractivity contribution in [3.05, 3.63) is 84.4 Å². The summed E-state index contributed by atoms with van der Waals surface area (Å²) >= 11 is 1.39. The number of anilines is 1. The third kappa shape index (κ3) is 5.50. The summed E-state index contributed by atoms with van der Waals surface area (Å²) in [6.07, 6.45) is 0.223. The first-order valence-electron chi connectivity index (χ1n) is 10.7. The molecule has 4 rings (SSSR count). The van der Waals surface area contributed by atoms with E-state index in [-0.39, 0.29) is 24.5 Å². The quantitative estimate of drug-likeness (QED) is 0.298. The molecule has 4 aromatic rings. The van der Waals surface area contributed by atoms with Crippen LogP contribution in [0.4, 0.5) is 5.13 Å². The van der Waals surface area contributed by atoms with Crippen molar-refractivity contribution in [2.75, 3.05) is 19.5 Å². The molecule has 1 amide bonds. The van der Waals surface area contributed by atoms with E-state index in [9.17, 15) is 9.59 Å². The number of carbonyl (C=O) groups is 2. The number of amides is 1. The zero-order valence-electron chi connectivity index (χ0n) is 18.9. The normalized spacial score (nSPS) is 10.5. The predicted molar refractivity (Wildman–Crippen MR) is 135 cm³/mol. The van der Waals surface area contributed by atoms with Crippen molar-refractivity contribution in [2.45, 2.75) is 12.8 Å². The second-order valence-electron chi connectivity index (χ2n) is 7.49. The molecule has 0 saturated carbocycles. The molecule has 0 atom stereocenters. The van der Waals surface area contributed by atoms with Crippen LogP contribution in [0.5, 0.6) is 11.5 Å². The molecule has 0 radical (unpaired) electrons. The van der Waals surface area contributed by atoms with Crippen molar-refractivity contribution in [3.8, 4) is 33.2 Å². The van der Waals surface area contributed by atoms with Crippen LogP contribution in [0.25, 0.3) is 21.7 Å². The van der Waals surface area contributed by atoms with Crippen LogP contribution in [0.2, 0.25) is 0 Å². The molecule has 172 valence electrons. The Labute approximate surface area is 202 Å². The van der Waals surface area contributed by atoms with Gasteiger partial charge in [0.15, 0.2) is 10.9 Å². The van der Waals surface area contributed by atoms with Crippen LogP contribution in [-0.4, -0.2) is 30.9 Å². The molecule has 0 bridgehead atoms. The van der Waals surface area contributed by atoms with Gasteiger partial charge in [0.25, 0.3) is 0 Å². The van der Waals surface area contributed by atoms with E-state index >= 15 is 0 Å². The van der Waals surface area contributed by atoms with Crippen molar-refractivity contribution in [3.63, 3.8) is 0 Å². The fraction of sp³-hybridized carbons (Fsp3) is 0.148. The van der Waals surface area contributed by atoms with Crippen molar-refractivity contribution in [2.24, 2.45) is 0 Å². The number of carbonyl (C=O) groups excluding carboxylic acids is 2. The number of rotatable bonds is 9. The number of benzene rings is 3. The van der Waals surface area contributed by atoms with E-state index < -0.39 is 0 Å². The third-order valence-corrected chi connectivity index (χ3v) is 6.28. The number of nitrogens with zero attached hydrogens (tertiary/aromatic N) is 1. The van der Waals surface area contributed by atoms with Gasteiger partial charge in [-0.1, -0.05) is 41.7 Å². The number of ether oxygens (including phenoxy) is 2. The Kier molecular flexibility index (Phi) is 7.34. The number of ketones is 1. The number of Topliss-reactive ketones (excluding diaryl/α,β-unsaturated/α-hetero) is 1. The Balaban J connectivity index is 1.55. The van der Waals surface area contributed by atoms with Gasteiger partial charge in [-0.2, -0.15) is 0 Å². The first kappa shape index (κ1) is 23.2. The minimum absolute atomic E-state index is 0.0623.